The van der Waals surface area contributed by atoms with Gasteiger partial charge in [0.05, 0.1) is 6.54 Å². The smallest absolute Gasteiger partial charge is 0.132 e. The number of hydrogen-bond acceptors (Lipinski definition) is 3. The van der Waals surface area contributed by atoms with Gasteiger partial charge >= 0.3 is 0 Å². The van der Waals surface area contributed by atoms with Gasteiger partial charge in [0.15, 0.2) is 0 Å². The molecule has 3 nitrogen and oxygen atoms in total. The van der Waals surface area contributed by atoms with E-state index in [9.17, 15) is 9.90 Å². The first-order valence-electron chi connectivity index (χ1n) is 13.2. The number of Topliss-reactive ketones (excluding diaryl/α,β-unsaturated/α-hetero) is 1. The summed E-state index contributed by atoms with van der Waals surface area (Å²) in [5, 5.41) is 10.4. The SMILES string of the molecule is [B]\C1=C(C)/C=C(c2ccccc2O)\C=C(\CCCCCCCC(=O)CCCc2ccccc2)CN=C1. The lowest BCUT2D eigenvalue weighted by molar-refractivity contribution is -0.119. The van der Waals surface area contributed by atoms with Crippen LogP contribution in [0.4, 0.5) is 0 Å². The van der Waals surface area contributed by atoms with E-state index >= 15 is 0 Å². The van der Waals surface area contributed by atoms with Crippen molar-refractivity contribution in [1.29, 1.82) is 0 Å². The third-order valence-corrected chi connectivity index (χ3v) is 6.64. The van der Waals surface area contributed by atoms with Gasteiger partial charge < -0.3 is 5.11 Å². The number of carbonyl (C=O) groups excluding carboxylic acids is 1. The van der Waals surface area contributed by atoms with Crippen LogP contribution in [-0.2, 0) is 11.2 Å². The lowest BCUT2D eigenvalue weighted by Crippen LogP contribution is -1.99. The molecule has 0 aliphatic carbocycles. The van der Waals surface area contributed by atoms with Crippen molar-refractivity contribution >= 4 is 25.4 Å². The summed E-state index contributed by atoms with van der Waals surface area (Å²) in [4.78, 5) is 16.7. The van der Waals surface area contributed by atoms with Gasteiger partial charge in [-0.15, -0.1) is 0 Å². The number of aryl methyl sites for hydroxylation is 1. The van der Waals surface area contributed by atoms with E-state index in [0.717, 1.165) is 68.1 Å². The van der Waals surface area contributed by atoms with E-state index < -0.39 is 0 Å². The van der Waals surface area contributed by atoms with Gasteiger partial charge in [-0.3, -0.25) is 9.79 Å². The van der Waals surface area contributed by atoms with Crippen LogP contribution < -0.4 is 0 Å². The van der Waals surface area contributed by atoms with Gasteiger partial charge in [-0.2, -0.15) is 0 Å². The number of allylic oxidation sites excluding steroid dienone is 5. The average molecular weight is 479 g/mol. The van der Waals surface area contributed by atoms with E-state index in [0.29, 0.717) is 30.6 Å². The second-order valence-electron chi connectivity index (χ2n) is 9.67. The Morgan fingerprint density at radius 2 is 1.56 bits per heavy atom. The minimum absolute atomic E-state index is 0.264. The number of para-hydroxylation sites is 1. The van der Waals surface area contributed by atoms with Crippen LogP contribution in [0.25, 0.3) is 5.57 Å². The number of hydrogen-bond donors (Lipinski definition) is 1. The van der Waals surface area contributed by atoms with Crippen LogP contribution in [0.5, 0.6) is 5.75 Å². The quantitative estimate of drug-likeness (QED) is 0.238. The highest BCUT2D eigenvalue weighted by atomic mass is 16.3. The molecule has 0 saturated heterocycles. The molecule has 0 unspecified atom stereocenters. The van der Waals surface area contributed by atoms with Gasteiger partial charge in [0.1, 0.15) is 19.4 Å². The maximum Gasteiger partial charge on any atom is 0.132 e. The second-order valence-corrected chi connectivity index (χ2v) is 9.67. The molecule has 3 rings (SSSR count). The molecule has 4 heteroatoms. The molecule has 1 N–H and O–H groups in total. The Kier molecular flexibility index (Phi) is 11.5. The molecular formula is C32H38BNO2. The average Bonchev–Trinajstić information content (AvgIpc) is 2.94. The van der Waals surface area contributed by atoms with Crippen LogP contribution in [0.2, 0.25) is 0 Å². The minimum atomic E-state index is 0.264. The molecule has 0 bridgehead atoms. The van der Waals surface area contributed by atoms with Gasteiger partial charge in [-0.1, -0.05) is 91.0 Å². The predicted octanol–water partition coefficient (Wildman–Crippen LogP) is 7.55. The molecule has 1 aliphatic rings. The zero-order valence-corrected chi connectivity index (χ0v) is 21.6. The highest BCUT2D eigenvalue weighted by molar-refractivity contribution is 6.33. The number of phenols is 1. The van der Waals surface area contributed by atoms with Gasteiger partial charge in [0, 0.05) is 24.6 Å². The van der Waals surface area contributed by atoms with Crippen molar-refractivity contribution in [3.8, 4) is 5.75 Å². The maximum absolute atomic E-state index is 12.2. The van der Waals surface area contributed by atoms with E-state index in [1.54, 1.807) is 12.3 Å². The summed E-state index contributed by atoms with van der Waals surface area (Å²) in [5.74, 6) is 0.659. The lowest BCUT2D eigenvalue weighted by Gasteiger charge is -2.10. The number of nitrogens with zero attached hydrogens (tertiary/aromatic N) is 1. The number of ketones is 1. The summed E-state index contributed by atoms with van der Waals surface area (Å²) in [6.45, 7) is 2.57. The van der Waals surface area contributed by atoms with Crippen LogP contribution in [0.3, 0.4) is 0 Å². The standard InChI is InChI=1S/C32H38BNO2/c1-25-21-28(30-19-10-11-20-32(30)36)22-27(23-34-24-31(25)33)15-6-3-2-4-9-17-29(35)18-12-16-26-13-7-5-8-14-26/h5,7-8,10-11,13-14,19-22,24,36H,2-4,6,9,12,15-18,23H2,1H3/b27-22-,28-21+,31-25-,34-24?. The summed E-state index contributed by atoms with van der Waals surface area (Å²) < 4.78 is 0. The van der Waals surface area contributed by atoms with Crippen LogP contribution in [-0.4, -0.2) is 31.5 Å². The number of benzene rings is 2. The fourth-order valence-electron chi connectivity index (χ4n) is 4.48. The first-order valence-corrected chi connectivity index (χ1v) is 13.2. The van der Waals surface area contributed by atoms with Crippen molar-refractivity contribution in [1.82, 2.24) is 0 Å². The molecule has 2 radical (unpaired) electrons. The molecule has 186 valence electrons. The molecule has 0 fully saturated rings. The van der Waals surface area contributed by atoms with Crippen molar-refractivity contribution in [3.63, 3.8) is 0 Å². The third-order valence-electron chi connectivity index (χ3n) is 6.64. The summed E-state index contributed by atoms with van der Waals surface area (Å²) in [5.41, 5.74) is 5.88. The first kappa shape index (κ1) is 27.5. The monoisotopic (exact) mass is 479 g/mol. The molecule has 0 aromatic heterocycles. The summed E-state index contributed by atoms with van der Waals surface area (Å²) in [6.07, 6.45) is 15.7. The Morgan fingerprint density at radius 1 is 0.861 bits per heavy atom. The number of phenolic OH excluding ortho intramolecular Hbond substituents is 1. The maximum atomic E-state index is 12.2. The van der Waals surface area contributed by atoms with Gasteiger partial charge in [-0.25, -0.2) is 0 Å². The van der Waals surface area contributed by atoms with Crippen LogP contribution >= 0.6 is 0 Å². The lowest BCUT2D eigenvalue weighted by atomic mass is 9.90. The van der Waals surface area contributed by atoms with Gasteiger partial charge in [0.25, 0.3) is 0 Å². The predicted molar refractivity (Wildman–Crippen MR) is 153 cm³/mol. The molecule has 0 saturated carbocycles. The topological polar surface area (TPSA) is 49.7 Å². The van der Waals surface area contributed by atoms with Crippen LogP contribution in [0, 0.1) is 0 Å². The zero-order valence-electron chi connectivity index (χ0n) is 21.6. The number of aromatic hydroxyl groups is 1. The van der Waals surface area contributed by atoms with Gasteiger partial charge in [0.2, 0.25) is 0 Å². The van der Waals surface area contributed by atoms with Crippen molar-refractivity contribution in [2.24, 2.45) is 4.99 Å². The molecular weight excluding hydrogens is 441 g/mol. The van der Waals surface area contributed by atoms with Crippen molar-refractivity contribution in [2.75, 3.05) is 6.54 Å². The number of carbonyl (C=O) groups is 1. The Bertz CT molecular complexity index is 1110. The number of rotatable bonds is 13. The highest BCUT2D eigenvalue weighted by Crippen LogP contribution is 2.29. The number of unbranched alkanes of at least 4 members (excludes halogenated alkanes) is 4. The summed E-state index contributed by atoms with van der Waals surface area (Å²) in [7, 11) is 6.16. The summed E-state index contributed by atoms with van der Waals surface area (Å²) in [6, 6.07) is 17.8. The fraction of sp³-hybridized carbons (Fsp3) is 0.375. The van der Waals surface area contributed by atoms with Crippen molar-refractivity contribution < 1.29 is 9.90 Å². The molecule has 0 spiro atoms. The van der Waals surface area contributed by atoms with Crippen LogP contribution in [0.1, 0.15) is 75.8 Å². The Hall–Kier alpha value is -3.14. The fourth-order valence-corrected chi connectivity index (χ4v) is 4.48. The Balaban J connectivity index is 1.40. The van der Waals surface area contributed by atoms with Crippen molar-refractivity contribution in [3.05, 3.63) is 94.5 Å². The molecule has 1 heterocycles. The highest BCUT2D eigenvalue weighted by Gasteiger charge is 2.09. The van der Waals surface area contributed by atoms with Crippen molar-refractivity contribution in [2.45, 2.75) is 71.1 Å². The number of aliphatic imine (C=N–C) groups is 1. The van der Waals surface area contributed by atoms with E-state index in [4.69, 9.17) is 7.85 Å². The van der Waals surface area contributed by atoms with Gasteiger partial charge in [-0.05, 0) is 61.8 Å². The normalized spacial score (nSPS) is 18.9. The molecule has 2 aromatic rings. The van der Waals surface area contributed by atoms with Crippen LogP contribution in [0.15, 0.2) is 88.4 Å². The second kappa shape index (κ2) is 15.1. The zero-order chi connectivity index (χ0) is 25.6. The molecule has 36 heavy (non-hydrogen) atoms. The van der Waals surface area contributed by atoms with E-state index in [2.05, 4.69) is 35.3 Å². The van der Waals surface area contributed by atoms with E-state index in [1.165, 1.54) is 11.1 Å². The minimum Gasteiger partial charge on any atom is -0.507 e. The summed E-state index contributed by atoms with van der Waals surface area (Å²) >= 11 is 0. The van der Waals surface area contributed by atoms with E-state index in [1.807, 2.05) is 37.3 Å². The molecule has 2 aromatic carbocycles. The Morgan fingerprint density at radius 3 is 2.36 bits per heavy atom. The van der Waals surface area contributed by atoms with E-state index in [-0.39, 0.29) is 5.75 Å². The molecule has 0 atom stereocenters. The first-order chi connectivity index (χ1) is 17.5. The largest absolute Gasteiger partial charge is 0.507 e. The third kappa shape index (κ3) is 9.49. The Labute approximate surface area is 218 Å². The molecule has 1 aliphatic heterocycles. The molecule has 0 amide bonds.